The van der Waals surface area contributed by atoms with E-state index < -0.39 is 0 Å². The Morgan fingerprint density at radius 3 is 2.38 bits per heavy atom. The van der Waals surface area contributed by atoms with Crippen molar-refractivity contribution in [3.63, 3.8) is 0 Å². The van der Waals surface area contributed by atoms with Gasteiger partial charge in [0.1, 0.15) is 5.75 Å². The van der Waals surface area contributed by atoms with Gasteiger partial charge in [-0.2, -0.15) is 0 Å². The summed E-state index contributed by atoms with van der Waals surface area (Å²) in [6.07, 6.45) is 0.509. The summed E-state index contributed by atoms with van der Waals surface area (Å²) >= 11 is 0. The molecule has 0 radical (unpaired) electrons. The Morgan fingerprint density at radius 2 is 1.76 bits per heavy atom. The first-order chi connectivity index (χ1) is 13.9. The number of methoxy groups -OCH3 is 1. The third-order valence-electron chi connectivity index (χ3n) is 5.59. The van der Waals surface area contributed by atoms with Crippen LogP contribution in [0.25, 0.3) is 0 Å². The molecule has 29 heavy (non-hydrogen) atoms. The largest absolute Gasteiger partial charge is 0.496 e. The average Bonchev–Trinajstić information content (AvgIpc) is 2.72. The molecule has 0 saturated carbocycles. The van der Waals surface area contributed by atoms with Gasteiger partial charge >= 0.3 is 0 Å². The van der Waals surface area contributed by atoms with Crippen molar-refractivity contribution in [2.24, 2.45) is 0 Å². The molecule has 156 valence electrons. The molecule has 3 rings (SSSR count). The maximum absolute atomic E-state index is 13.0. The van der Waals surface area contributed by atoms with Crippen molar-refractivity contribution in [1.29, 1.82) is 0 Å². The lowest BCUT2D eigenvalue weighted by atomic mass is 10.0. The van der Waals surface area contributed by atoms with Gasteiger partial charge in [-0.3, -0.25) is 9.69 Å². The van der Waals surface area contributed by atoms with Crippen LogP contribution in [-0.4, -0.2) is 55.2 Å². The lowest BCUT2D eigenvalue weighted by Crippen LogP contribution is -2.44. The van der Waals surface area contributed by atoms with Crippen LogP contribution in [0.4, 0.5) is 0 Å². The fraction of sp³-hybridized carbons (Fsp3) is 0.458. The number of hydrogen-bond acceptors (Lipinski definition) is 4. The molecule has 1 aliphatic heterocycles. The molecule has 0 aliphatic carbocycles. The number of carbonyl (C=O) groups is 1. The summed E-state index contributed by atoms with van der Waals surface area (Å²) < 4.78 is 11.3. The number of ether oxygens (including phenoxy) is 2. The van der Waals surface area contributed by atoms with Crippen LogP contribution in [-0.2, 0) is 11.3 Å². The van der Waals surface area contributed by atoms with Gasteiger partial charge in [-0.25, -0.2) is 0 Å². The number of morpholine rings is 1. The number of hydrogen-bond donors (Lipinski definition) is 0. The highest BCUT2D eigenvalue weighted by atomic mass is 16.5. The Morgan fingerprint density at radius 1 is 1.14 bits per heavy atom. The second-order valence-corrected chi connectivity index (χ2v) is 7.98. The molecule has 2 aromatic carbocycles. The van der Waals surface area contributed by atoms with Crippen molar-refractivity contribution in [3.8, 4) is 5.75 Å². The molecule has 0 N–H and O–H groups in total. The molecule has 3 unspecified atom stereocenters. The van der Waals surface area contributed by atoms with Gasteiger partial charge < -0.3 is 14.4 Å². The van der Waals surface area contributed by atoms with Crippen LogP contribution in [0.15, 0.2) is 48.5 Å². The van der Waals surface area contributed by atoms with E-state index in [4.69, 9.17) is 9.47 Å². The number of benzene rings is 2. The molecule has 3 atom stereocenters. The predicted molar refractivity (Wildman–Crippen MR) is 115 cm³/mol. The molecule has 1 amide bonds. The highest BCUT2D eigenvalue weighted by Crippen LogP contribution is 2.29. The fourth-order valence-electron chi connectivity index (χ4n) is 4.02. The first-order valence-electron chi connectivity index (χ1n) is 10.3. The summed E-state index contributed by atoms with van der Waals surface area (Å²) in [5.74, 6) is 0.799. The van der Waals surface area contributed by atoms with E-state index in [0.29, 0.717) is 5.56 Å². The van der Waals surface area contributed by atoms with Crippen LogP contribution in [0.5, 0.6) is 5.75 Å². The molecule has 5 heteroatoms. The van der Waals surface area contributed by atoms with Gasteiger partial charge in [0.2, 0.25) is 0 Å². The zero-order valence-corrected chi connectivity index (χ0v) is 18.1. The van der Waals surface area contributed by atoms with Crippen molar-refractivity contribution in [2.75, 3.05) is 27.2 Å². The van der Waals surface area contributed by atoms with E-state index in [1.807, 2.05) is 50.4 Å². The van der Waals surface area contributed by atoms with Gasteiger partial charge in [-0.15, -0.1) is 0 Å². The Bertz CT molecular complexity index is 811. The molecule has 1 aliphatic rings. The summed E-state index contributed by atoms with van der Waals surface area (Å²) in [5, 5.41) is 0. The van der Waals surface area contributed by atoms with E-state index in [1.54, 1.807) is 12.0 Å². The highest BCUT2D eigenvalue weighted by Gasteiger charge is 2.23. The number of para-hydroxylation sites is 1. The van der Waals surface area contributed by atoms with E-state index >= 15 is 0 Å². The molecule has 5 nitrogen and oxygen atoms in total. The van der Waals surface area contributed by atoms with Crippen molar-refractivity contribution in [1.82, 2.24) is 9.80 Å². The summed E-state index contributed by atoms with van der Waals surface area (Å²) in [5.41, 5.74) is 2.91. The molecular weight excluding hydrogens is 364 g/mol. The molecule has 1 heterocycles. The van der Waals surface area contributed by atoms with Gasteiger partial charge in [0.05, 0.1) is 25.4 Å². The fourth-order valence-corrected chi connectivity index (χ4v) is 4.02. The zero-order chi connectivity index (χ0) is 21.0. The Labute approximate surface area is 174 Å². The smallest absolute Gasteiger partial charge is 0.254 e. The van der Waals surface area contributed by atoms with E-state index in [-0.39, 0.29) is 24.2 Å². The first kappa shape index (κ1) is 21.3. The van der Waals surface area contributed by atoms with Crippen molar-refractivity contribution in [2.45, 2.75) is 45.6 Å². The van der Waals surface area contributed by atoms with Crippen LogP contribution in [0.1, 0.15) is 48.3 Å². The van der Waals surface area contributed by atoms with Crippen LogP contribution >= 0.6 is 0 Å². The molecule has 2 aromatic rings. The van der Waals surface area contributed by atoms with Crippen LogP contribution < -0.4 is 4.74 Å². The van der Waals surface area contributed by atoms with E-state index in [9.17, 15) is 4.79 Å². The minimum absolute atomic E-state index is 0.00331. The molecule has 0 bridgehead atoms. The number of carbonyl (C=O) groups excluding carboxylic acids is 1. The van der Waals surface area contributed by atoms with Crippen molar-refractivity contribution in [3.05, 3.63) is 65.2 Å². The van der Waals surface area contributed by atoms with Gasteiger partial charge in [0.25, 0.3) is 5.91 Å². The highest BCUT2D eigenvalue weighted by molar-refractivity contribution is 5.94. The van der Waals surface area contributed by atoms with Crippen molar-refractivity contribution >= 4 is 5.91 Å². The van der Waals surface area contributed by atoms with Crippen LogP contribution in [0, 0.1) is 0 Å². The average molecular weight is 397 g/mol. The lowest BCUT2D eigenvalue weighted by Gasteiger charge is -2.35. The summed E-state index contributed by atoms with van der Waals surface area (Å²) in [7, 11) is 3.49. The Hall–Kier alpha value is -2.37. The molecule has 0 spiro atoms. The van der Waals surface area contributed by atoms with E-state index in [0.717, 1.165) is 30.9 Å². The van der Waals surface area contributed by atoms with Gasteiger partial charge in [-0.1, -0.05) is 30.3 Å². The number of amides is 1. The number of nitrogens with zero attached hydrogens (tertiary/aromatic N) is 2. The van der Waals surface area contributed by atoms with Crippen LogP contribution in [0.2, 0.25) is 0 Å². The summed E-state index contributed by atoms with van der Waals surface area (Å²) in [6.45, 7) is 8.99. The SMILES string of the molecule is COc1ccccc1C(C)N(C)C(=O)c1ccc(CN2CC(C)OC(C)C2)cc1. The maximum atomic E-state index is 13.0. The second-order valence-electron chi connectivity index (χ2n) is 7.98. The normalized spacial score (nSPS) is 20.9. The van der Waals surface area contributed by atoms with Gasteiger partial charge in [-0.05, 0) is 44.5 Å². The van der Waals surface area contributed by atoms with Gasteiger partial charge in [0.15, 0.2) is 0 Å². The third kappa shape index (κ3) is 5.17. The van der Waals surface area contributed by atoms with Crippen LogP contribution in [0.3, 0.4) is 0 Å². The van der Waals surface area contributed by atoms with E-state index in [1.165, 1.54) is 5.56 Å². The quantitative estimate of drug-likeness (QED) is 0.736. The number of rotatable bonds is 6. The molecule has 0 aromatic heterocycles. The first-order valence-corrected chi connectivity index (χ1v) is 10.3. The van der Waals surface area contributed by atoms with E-state index in [2.05, 4.69) is 30.9 Å². The molecular formula is C24H32N2O3. The topological polar surface area (TPSA) is 42.0 Å². The third-order valence-corrected chi connectivity index (χ3v) is 5.59. The molecule has 1 saturated heterocycles. The minimum atomic E-state index is -0.0883. The molecule has 1 fully saturated rings. The summed E-state index contributed by atoms with van der Waals surface area (Å²) in [6, 6.07) is 15.7. The lowest BCUT2D eigenvalue weighted by molar-refractivity contribution is -0.0704. The maximum Gasteiger partial charge on any atom is 0.254 e. The summed E-state index contributed by atoms with van der Waals surface area (Å²) in [4.78, 5) is 17.2. The standard InChI is InChI=1S/C24H32N2O3/c1-17-14-26(15-18(2)29-17)16-20-10-12-21(13-11-20)24(27)25(4)19(3)22-8-6-7-9-23(22)28-5/h6-13,17-19H,14-16H2,1-5H3. The van der Waals surface area contributed by atoms with Gasteiger partial charge in [0, 0.05) is 37.8 Å². The second kappa shape index (κ2) is 9.42. The van der Waals surface area contributed by atoms with Crippen molar-refractivity contribution < 1.29 is 14.3 Å². The Kier molecular flexibility index (Phi) is 6.93. The monoisotopic (exact) mass is 396 g/mol. The predicted octanol–water partition coefficient (Wildman–Crippen LogP) is 4.14. The zero-order valence-electron chi connectivity index (χ0n) is 18.1. The Balaban J connectivity index is 1.66. The minimum Gasteiger partial charge on any atom is -0.496 e.